The molecule has 11 nitrogen and oxygen atoms in total. The summed E-state index contributed by atoms with van der Waals surface area (Å²) >= 11 is 0. The SMILES string of the molecule is CC(C)(C)OC(=O)NCCCCCN1CCN(c2cccc3c2C(=O)N(C2CCC(=O)NC2=O)C3=O)CC1. The fourth-order valence-corrected chi connectivity index (χ4v) is 5.11. The van der Waals surface area contributed by atoms with E-state index in [-0.39, 0.29) is 24.8 Å². The zero-order chi connectivity index (χ0) is 27.4. The molecule has 0 radical (unpaired) electrons. The van der Waals surface area contributed by atoms with E-state index in [9.17, 15) is 24.0 Å². The van der Waals surface area contributed by atoms with E-state index in [0.29, 0.717) is 23.4 Å². The van der Waals surface area contributed by atoms with Crippen LogP contribution in [0.5, 0.6) is 0 Å². The van der Waals surface area contributed by atoms with Crippen molar-refractivity contribution in [3.05, 3.63) is 29.3 Å². The summed E-state index contributed by atoms with van der Waals surface area (Å²) in [4.78, 5) is 67.6. The van der Waals surface area contributed by atoms with Gasteiger partial charge in [-0.1, -0.05) is 12.5 Å². The van der Waals surface area contributed by atoms with Crippen LogP contribution in [0.3, 0.4) is 0 Å². The van der Waals surface area contributed by atoms with Crippen molar-refractivity contribution in [2.24, 2.45) is 0 Å². The molecule has 0 aromatic heterocycles. The van der Waals surface area contributed by atoms with Gasteiger partial charge in [0.15, 0.2) is 0 Å². The van der Waals surface area contributed by atoms with Gasteiger partial charge in [0, 0.05) is 39.1 Å². The van der Waals surface area contributed by atoms with Crippen molar-refractivity contribution in [3.63, 3.8) is 0 Å². The smallest absolute Gasteiger partial charge is 0.407 e. The third-order valence-corrected chi connectivity index (χ3v) is 6.98. The Morgan fingerprint density at radius 3 is 2.45 bits per heavy atom. The number of ether oxygens (including phenoxy) is 1. The monoisotopic (exact) mass is 527 g/mol. The van der Waals surface area contributed by atoms with E-state index in [4.69, 9.17) is 4.74 Å². The third kappa shape index (κ3) is 6.32. The molecule has 0 saturated carbocycles. The third-order valence-electron chi connectivity index (χ3n) is 6.98. The Hall–Kier alpha value is -3.47. The van der Waals surface area contributed by atoms with Gasteiger partial charge in [0.2, 0.25) is 11.8 Å². The second-order valence-electron chi connectivity index (χ2n) is 11.0. The number of piperazine rings is 1. The van der Waals surface area contributed by atoms with Gasteiger partial charge in [0.05, 0.1) is 16.8 Å². The van der Waals surface area contributed by atoms with Crippen LogP contribution in [0.25, 0.3) is 0 Å². The molecular weight excluding hydrogens is 490 g/mol. The second-order valence-corrected chi connectivity index (χ2v) is 11.0. The summed E-state index contributed by atoms with van der Waals surface area (Å²) in [5.41, 5.74) is 0.859. The lowest BCUT2D eigenvalue weighted by Crippen LogP contribution is -2.54. The molecule has 4 rings (SSSR count). The van der Waals surface area contributed by atoms with E-state index in [2.05, 4.69) is 20.4 Å². The molecule has 1 aromatic carbocycles. The molecule has 2 N–H and O–H groups in total. The van der Waals surface area contributed by atoms with Crippen LogP contribution in [0.1, 0.15) is 73.6 Å². The maximum Gasteiger partial charge on any atom is 0.407 e. The molecule has 1 aromatic rings. The Morgan fingerprint density at radius 1 is 1.03 bits per heavy atom. The fourth-order valence-electron chi connectivity index (χ4n) is 5.11. The number of hydrogen-bond donors (Lipinski definition) is 2. The van der Waals surface area contributed by atoms with Crippen LogP contribution >= 0.6 is 0 Å². The second kappa shape index (κ2) is 11.5. The number of fused-ring (bicyclic) bond motifs is 1. The van der Waals surface area contributed by atoms with Crippen LogP contribution in [0.2, 0.25) is 0 Å². The lowest BCUT2D eigenvalue weighted by Gasteiger charge is -2.36. The highest BCUT2D eigenvalue weighted by atomic mass is 16.6. The van der Waals surface area contributed by atoms with E-state index in [0.717, 1.165) is 56.9 Å². The largest absolute Gasteiger partial charge is 0.444 e. The Bertz CT molecular complexity index is 1110. The number of nitrogens with zero attached hydrogens (tertiary/aromatic N) is 3. The molecule has 2 fully saturated rings. The van der Waals surface area contributed by atoms with Crippen molar-refractivity contribution in [2.45, 2.75) is 64.5 Å². The molecule has 5 amide bonds. The van der Waals surface area contributed by atoms with E-state index >= 15 is 0 Å². The molecule has 0 aliphatic carbocycles. The summed E-state index contributed by atoms with van der Waals surface area (Å²) in [5, 5.41) is 5.02. The van der Waals surface area contributed by atoms with Gasteiger partial charge in [0.1, 0.15) is 11.6 Å². The van der Waals surface area contributed by atoms with Crippen molar-refractivity contribution in [1.82, 2.24) is 20.4 Å². The van der Waals surface area contributed by atoms with Gasteiger partial charge in [-0.2, -0.15) is 0 Å². The number of alkyl carbamates (subject to hydrolysis) is 1. The lowest BCUT2D eigenvalue weighted by molar-refractivity contribution is -0.136. The van der Waals surface area contributed by atoms with Crippen molar-refractivity contribution >= 4 is 35.4 Å². The molecule has 3 heterocycles. The normalized spacial score (nSPS) is 20.4. The number of carbonyl (C=O) groups excluding carboxylic acids is 5. The molecule has 3 aliphatic heterocycles. The number of unbranched alkanes of at least 4 members (excludes halogenated alkanes) is 2. The molecule has 1 atom stereocenters. The zero-order valence-electron chi connectivity index (χ0n) is 22.4. The first-order valence-corrected chi connectivity index (χ1v) is 13.3. The van der Waals surface area contributed by atoms with Gasteiger partial charge >= 0.3 is 6.09 Å². The van der Waals surface area contributed by atoms with E-state index < -0.39 is 29.4 Å². The Balaban J connectivity index is 1.26. The lowest BCUT2D eigenvalue weighted by atomic mass is 10.0. The van der Waals surface area contributed by atoms with E-state index in [1.54, 1.807) is 12.1 Å². The number of benzene rings is 1. The predicted octanol–water partition coefficient (Wildman–Crippen LogP) is 1.90. The topological polar surface area (TPSA) is 128 Å². The van der Waals surface area contributed by atoms with Crippen LogP contribution in [0, 0.1) is 0 Å². The predicted molar refractivity (Wildman–Crippen MR) is 140 cm³/mol. The first-order valence-electron chi connectivity index (χ1n) is 13.3. The molecule has 206 valence electrons. The molecule has 3 aliphatic rings. The van der Waals surface area contributed by atoms with Crippen molar-refractivity contribution in [1.29, 1.82) is 0 Å². The van der Waals surface area contributed by atoms with Crippen LogP contribution in [-0.2, 0) is 14.3 Å². The summed E-state index contributed by atoms with van der Waals surface area (Å²) in [6.07, 6.45) is 2.75. The molecule has 38 heavy (non-hydrogen) atoms. The summed E-state index contributed by atoms with van der Waals surface area (Å²) < 4.78 is 5.24. The number of nitrogens with one attached hydrogen (secondary N) is 2. The summed E-state index contributed by atoms with van der Waals surface area (Å²) in [6.45, 7) is 10.2. The van der Waals surface area contributed by atoms with Gasteiger partial charge in [-0.15, -0.1) is 0 Å². The van der Waals surface area contributed by atoms with E-state index in [1.807, 2.05) is 26.8 Å². The highest BCUT2D eigenvalue weighted by Crippen LogP contribution is 2.34. The number of anilines is 1. The highest BCUT2D eigenvalue weighted by molar-refractivity contribution is 6.25. The van der Waals surface area contributed by atoms with Gasteiger partial charge in [-0.05, 0) is 58.7 Å². The number of amides is 5. The van der Waals surface area contributed by atoms with Crippen LogP contribution < -0.4 is 15.5 Å². The summed E-state index contributed by atoms with van der Waals surface area (Å²) in [5.74, 6) is -1.95. The van der Waals surface area contributed by atoms with Crippen LogP contribution in [0.15, 0.2) is 18.2 Å². The zero-order valence-corrected chi connectivity index (χ0v) is 22.4. The van der Waals surface area contributed by atoms with Gasteiger partial charge < -0.3 is 15.0 Å². The minimum atomic E-state index is -0.968. The highest BCUT2D eigenvalue weighted by Gasteiger charge is 2.46. The number of piperidine rings is 1. The quantitative estimate of drug-likeness (QED) is 0.388. The molecule has 0 bridgehead atoms. The summed E-state index contributed by atoms with van der Waals surface area (Å²) in [7, 11) is 0. The Labute approximate surface area is 222 Å². The molecule has 11 heteroatoms. The minimum Gasteiger partial charge on any atom is -0.444 e. The number of rotatable bonds is 8. The average Bonchev–Trinajstić information content (AvgIpc) is 3.11. The van der Waals surface area contributed by atoms with Gasteiger partial charge in [-0.25, -0.2) is 4.79 Å². The fraction of sp³-hybridized carbons (Fsp3) is 0.593. The van der Waals surface area contributed by atoms with Crippen molar-refractivity contribution in [3.8, 4) is 0 Å². The average molecular weight is 528 g/mol. The first-order chi connectivity index (χ1) is 18.0. The molecular formula is C27H37N5O6. The Kier molecular flexibility index (Phi) is 8.35. The Morgan fingerprint density at radius 2 is 1.76 bits per heavy atom. The number of carbonyl (C=O) groups is 5. The standard InChI is InChI=1S/C27H37N5O6/c1-27(2,3)38-26(37)28-12-5-4-6-13-30-14-16-31(17-15-30)19-9-7-8-18-22(19)25(36)32(24(18)35)20-10-11-21(33)29-23(20)34/h7-9,20H,4-6,10-17H2,1-3H3,(H,28,37)(H,29,33,34). The maximum absolute atomic E-state index is 13.4. The first kappa shape index (κ1) is 27.6. The van der Waals surface area contributed by atoms with Crippen molar-refractivity contribution in [2.75, 3.05) is 44.2 Å². The minimum absolute atomic E-state index is 0.0961. The van der Waals surface area contributed by atoms with E-state index in [1.165, 1.54) is 0 Å². The summed E-state index contributed by atoms with van der Waals surface area (Å²) in [6, 6.07) is 4.28. The van der Waals surface area contributed by atoms with Crippen LogP contribution in [0.4, 0.5) is 10.5 Å². The van der Waals surface area contributed by atoms with Gasteiger partial charge in [-0.3, -0.25) is 34.3 Å². The number of imide groups is 2. The number of hydrogen-bond acceptors (Lipinski definition) is 8. The molecule has 2 saturated heterocycles. The molecule has 0 spiro atoms. The van der Waals surface area contributed by atoms with Gasteiger partial charge in [0.25, 0.3) is 11.8 Å². The van der Waals surface area contributed by atoms with Crippen molar-refractivity contribution < 1.29 is 28.7 Å². The molecule has 1 unspecified atom stereocenters. The van der Waals surface area contributed by atoms with Crippen LogP contribution in [-0.4, -0.2) is 90.4 Å². The maximum atomic E-state index is 13.4.